The molecule has 1 N–H and O–H groups in total. The number of rotatable bonds is 26. The molecule has 0 aromatic heterocycles. The van der Waals surface area contributed by atoms with Gasteiger partial charge in [0.15, 0.2) is 6.10 Å². The van der Waals surface area contributed by atoms with E-state index in [1.165, 1.54) is 12.8 Å². The molecule has 0 rings (SSSR count). The number of hydrogen-bond donors (Lipinski definition) is 1. The lowest BCUT2D eigenvalue weighted by Gasteiger charge is -2.24. The minimum atomic E-state index is -4.34. The van der Waals surface area contributed by atoms with Crippen molar-refractivity contribution < 1.29 is 42.1 Å². The summed E-state index contributed by atoms with van der Waals surface area (Å²) in [6, 6.07) is 0. The Hall–Kier alpha value is -1.25. The number of likely N-dealkylation sites (N-methyl/N-ethyl adjacent to an activating group) is 1. The molecule has 0 amide bonds. The third-order valence-electron chi connectivity index (χ3n) is 6.05. The summed E-state index contributed by atoms with van der Waals surface area (Å²) in [6.07, 6.45) is 17.5. The van der Waals surface area contributed by atoms with Gasteiger partial charge in [0.1, 0.15) is 19.8 Å². The molecule has 10 heteroatoms. The summed E-state index contributed by atoms with van der Waals surface area (Å²) in [7, 11) is 1.46. The van der Waals surface area contributed by atoms with Gasteiger partial charge in [-0.05, 0) is 32.1 Å². The maximum Gasteiger partial charge on any atom is 0.472 e. The van der Waals surface area contributed by atoms with Gasteiger partial charge in [-0.25, -0.2) is 4.57 Å². The highest BCUT2D eigenvalue weighted by Crippen LogP contribution is 2.43. The Morgan fingerprint density at radius 2 is 1.33 bits per heavy atom. The lowest BCUT2D eigenvalue weighted by Crippen LogP contribution is -2.37. The molecule has 0 spiro atoms. The van der Waals surface area contributed by atoms with Crippen LogP contribution in [0.15, 0.2) is 12.2 Å². The van der Waals surface area contributed by atoms with Gasteiger partial charge in [0, 0.05) is 12.8 Å². The highest BCUT2D eigenvalue weighted by Gasteiger charge is 2.27. The maximum atomic E-state index is 12.4. The average molecular weight is 579 g/mol. The largest absolute Gasteiger partial charge is 0.472 e. The van der Waals surface area contributed by atoms with Crippen molar-refractivity contribution >= 4 is 19.8 Å². The van der Waals surface area contributed by atoms with Gasteiger partial charge in [0.25, 0.3) is 0 Å². The van der Waals surface area contributed by atoms with E-state index < -0.39 is 32.5 Å². The maximum absolute atomic E-state index is 12.4. The molecule has 1 unspecified atom stereocenters. The SMILES string of the molecule is CCCC/C=C/CCCCCCCC(=O)O[C@@H](COC(=O)CCCCCC)COP(=O)(O)OCC[N+](C)(C)C. The van der Waals surface area contributed by atoms with Crippen LogP contribution in [0.25, 0.3) is 0 Å². The highest BCUT2D eigenvalue weighted by atomic mass is 31.2. The topological polar surface area (TPSA) is 108 Å². The van der Waals surface area contributed by atoms with Crippen LogP contribution in [0.2, 0.25) is 0 Å². The Kier molecular flexibility index (Phi) is 22.7. The van der Waals surface area contributed by atoms with E-state index in [0.717, 1.165) is 64.2 Å². The summed E-state index contributed by atoms with van der Waals surface area (Å²) in [6.45, 7) is 4.20. The van der Waals surface area contributed by atoms with E-state index in [0.29, 0.717) is 17.4 Å². The van der Waals surface area contributed by atoms with Crippen molar-refractivity contribution in [3.05, 3.63) is 12.2 Å². The van der Waals surface area contributed by atoms with Crippen LogP contribution in [0.1, 0.15) is 110 Å². The van der Waals surface area contributed by atoms with Crippen molar-refractivity contribution in [3.63, 3.8) is 0 Å². The van der Waals surface area contributed by atoms with E-state index in [1.807, 2.05) is 21.1 Å². The number of phosphoric ester groups is 1. The Morgan fingerprint density at radius 1 is 0.769 bits per heavy atom. The van der Waals surface area contributed by atoms with E-state index >= 15 is 0 Å². The van der Waals surface area contributed by atoms with Gasteiger partial charge < -0.3 is 18.9 Å². The standard InChI is InChI=1S/C29H56NO8P/c1-6-8-10-12-13-14-15-16-17-18-20-22-29(32)38-27(25-35-28(31)21-19-11-9-7-2)26-37-39(33,34)36-24-23-30(3,4)5/h12-13,27H,6-11,14-26H2,1-5H3/p+1/b13-12+/t27-/m0/s1. The number of ether oxygens (including phenoxy) is 2. The van der Waals surface area contributed by atoms with Crippen LogP contribution in [0.3, 0.4) is 0 Å². The summed E-state index contributed by atoms with van der Waals surface area (Å²) < 4.78 is 33.6. The van der Waals surface area contributed by atoms with E-state index in [2.05, 4.69) is 26.0 Å². The average Bonchev–Trinajstić information content (AvgIpc) is 2.86. The first kappa shape index (κ1) is 37.8. The molecule has 0 saturated heterocycles. The lowest BCUT2D eigenvalue weighted by molar-refractivity contribution is -0.870. The van der Waals surface area contributed by atoms with E-state index in [-0.39, 0.29) is 26.1 Å². The fourth-order valence-corrected chi connectivity index (χ4v) is 4.32. The first-order chi connectivity index (χ1) is 18.5. The molecule has 0 saturated carbocycles. The summed E-state index contributed by atoms with van der Waals surface area (Å²) in [5.41, 5.74) is 0. The molecule has 0 aliphatic carbocycles. The molecule has 0 radical (unpaired) electrons. The van der Waals surface area contributed by atoms with Crippen LogP contribution in [-0.4, -0.2) is 74.9 Å². The molecule has 39 heavy (non-hydrogen) atoms. The first-order valence-corrected chi connectivity index (χ1v) is 16.4. The molecule has 230 valence electrons. The fourth-order valence-electron chi connectivity index (χ4n) is 3.58. The van der Waals surface area contributed by atoms with Gasteiger partial charge in [-0.3, -0.25) is 18.6 Å². The predicted molar refractivity (Wildman–Crippen MR) is 155 cm³/mol. The zero-order chi connectivity index (χ0) is 29.4. The first-order valence-electron chi connectivity index (χ1n) is 14.9. The molecule has 0 aromatic carbocycles. The number of carbonyl (C=O) groups is 2. The predicted octanol–water partition coefficient (Wildman–Crippen LogP) is 6.73. The zero-order valence-corrected chi connectivity index (χ0v) is 26.3. The normalized spacial score (nSPS) is 14.3. The van der Waals surface area contributed by atoms with Crippen LogP contribution in [-0.2, 0) is 32.7 Å². The minimum Gasteiger partial charge on any atom is -0.462 e. The third kappa shape index (κ3) is 26.7. The van der Waals surface area contributed by atoms with Crippen molar-refractivity contribution in [3.8, 4) is 0 Å². The van der Waals surface area contributed by atoms with Gasteiger partial charge in [-0.1, -0.05) is 77.4 Å². The van der Waals surface area contributed by atoms with Crippen molar-refractivity contribution in [2.75, 3.05) is 47.5 Å². The number of phosphoric acid groups is 1. The van der Waals surface area contributed by atoms with E-state index in [4.69, 9.17) is 18.5 Å². The zero-order valence-electron chi connectivity index (χ0n) is 25.4. The Labute approximate surface area is 237 Å². The minimum absolute atomic E-state index is 0.0314. The highest BCUT2D eigenvalue weighted by molar-refractivity contribution is 7.47. The van der Waals surface area contributed by atoms with Crippen LogP contribution >= 0.6 is 7.82 Å². The summed E-state index contributed by atoms with van der Waals surface area (Å²) in [5.74, 6) is -0.834. The van der Waals surface area contributed by atoms with Crippen molar-refractivity contribution in [1.29, 1.82) is 0 Å². The number of carbonyl (C=O) groups excluding carboxylic acids is 2. The van der Waals surface area contributed by atoms with Crippen molar-refractivity contribution in [1.82, 2.24) is 0 Å². The molecular formula is C29H57NO8P+. The fraction of sp³-hybridized carbons (Fsp3) is 0.862. The molecule has 9 nitrogen and oxygen atoms in total. The van der Waals surface area contributed by atoms with E-state index in [9.17, 15) is 19.0 Å². The van der Waals surface area contributed by atoms with Crippen LogP contribution < -0.4 is 0 Å². The Balaban J connectivity index is 4.51. The van der Waals surface area contributed by atoms with Gasteiger partial charge in [-0.15, -0.1) is 0 Å². The molecule has 0 heterocycles. The lowest BCUT2D eigenvalue weighted by atomic mass is 10.1. The summed E-state index contributed by atoms with van der Waals surface area (Å²) in [5, 5.41) is 0. The second kappa shape index (κ2) is 23.5. The Bertz CT molecular complexity index is 708. The monoisotopic (exact) mass is 578 g/mol. The number of hydrogen-bond acceptors (Lipinski definition) is 7. The number of allylic oxidation sites excluding steroid dienone is 2. The quantitative estimate of drug-likeness (QED) is 0.0396. The Morgan fingerprint density at radius 3 is 1.97 bits per heavy atom. The van der Waals surface area contributed by atoms with Crippen LogP contribution in [0.4, 0.5) is 0 Å². The van der Waals surface area contributed by atoms with Gasteiger partial charge in [-0.2, -0.15) is 0 Å². The van der Waals surface area contributed by atoms with Gasteiger partial charge >= 0.3 is 19.8 Å². The number of esters is 2. The van der Waals surface area contributed by atoms with Crippen molar-refractivity contribution in [2.45, 2.75) is 116 Å². The summed E-state index contributed by atoms with van der Waals surface area (Å²) in [4.78, 5) is 34.5. The molecular weight excluding hydrogens is 521 g/mol. The number of quaternary nitrogens is 1. The van der Waals surface area contributed by atoms with Gasteiger partial charge in [0.2, 0.25) is 0 Å². The second-order valence-electron chi connectivity index (χ2n) is 11.1. The molecule has 0 fully saturated rings. The summed E-state index contributed by atoms with van der Waals surface area (Å²) >= 11 is 0. The molecule has 0 bridgehead atoms. The van der Waals surface area contributed by atoms with Crippen LogP contribution in [0, 0.1) is 0 Å². The molecule has 0 aliphatic heterocycles. The third-order valence-corrected chi connectivity index (χ3v) is 7.03. The second-order valence-corrected chi connectivity index (χ2v) is 12.6. The van der Waals surface area contributed by atoms with Crippen molar-refractivity contribution in [2.24, 2.45) is 0 Å². The van der Waals surface area contributed by atoms with E-state index in [1.54, 1.807) is 0 Å². The van der Waals surface area contributed by atoms with Gasteiger partial charge in [0.05, 0.1) is 27.7 Å². The number of unbranched alkanes of at least 4 members (excludes halogenated alkanes) is 10. The smallest absolute Gasteiger partial charge is 0.462 e. The molecule has 0 aliphatic rings. The molecule has 2 atom stereocenters. The molecule has 0 aromatic rings. The number of nitrogens with zero attached hydrogens (tertiary/aromatic N) is 1. The van der Waals surface area contributed by atoms with Crippen LogP contribution in [0.5, 0.6) is 0 Å².